The average Bonchev–Trinajstić information content (AvgIpc) is 2.98. The molecule has 0 radical (unpaired) electrons. The van der Waals surface area contributed by atoms with Gasteiger partial charge in [0.2, 0.25) is 0 Å². The Morgan fingerprint density at radius 1 is 1.38 bits per heavy atom. The third-order valence-electron chi connectivity index (χ3n) is 4.60. The summed E-state index contributed by atoms with van der Waals surface area (Å²) in [5.74, 6) is 0.772. The highest BCUT2D eigenvalue weighted by atomic mass is 32.1. The minimum atomic E-state index is 0.622. The number of thiophene rings is 1. The van der Waals surface area contributed by atoms with Crippen LogP contribution in [0.1, 0.15) is 64.3 Å². The molecule has 120 valence electrons. The molecule has 0 spiro atoms. The molecule has 0 aromatic carbocycles. The molecular weight excluding hydrogens is 276 g/mol. The highest BCUT2D eigenvalue weighted by molar-refractivity contribution is 7.10. The van der Waals surface area contributed by atoms with Gasteiger partial charge < -0.3 is 5.32 Å². The van der Waals surface area contributed by atoms with Crippen molar-refractivity contribution >= 4 is 11.3 Å². The van der Waals surface area contributed by atoms with E-state index in [1.165, 1.54) is 32.2 Å². The lowest BCUT2D eigenvalue weighted by Gasteiger charge is -2.45. The van der Waals surface area contributed by atoms with E-state index in [1.54, 1.807) is 4.88 Å². The van der Waals surface area contributed by atoms with Crippen molar-refractivity contribution in [3.63, 3.8) is 0 Å². The fraction of sp³-hybridized carbons (Fsp3) is 0.778. The van der Waals surface area contributed by atoms with Crippen LogP contribution in [-0.2, 0) is 0 Å². The lowest BCUT2D eigenvalue weighted by Crippen LogP contribution is -2.57. The van der Waals surface area contributed by atoms with Crippen molar-refractivity contribution in [2.75, 3.05) is 13.1 Å². The Morgan fingerprint density at radius 2 is 2.19 bits per heavy atom. The molecule has 1 N–H and O–H groups in total. The van der Waals surface area contributed by atoms with Crippen molar-refractivity contribution < 1.29 is 0 Å². The van der Waals surface area contributed by atoms with Crippen LogP contribution in [0.25, 0.3) is 0 Å². The van der Waals surface area contributed by atoms with Gasteiger partial charge in [0.1, 0.15) is 0 Å². The molecule has 2 heterocycles. The molecule has 1 aliphatic rings. The summed E-state index contributed by atoms with van der Waals surface area (Å²) in [5, 5.41) is 6.01. The predicted molar refractivity (Wildman–Crippen MR) is 94.0 cm³/mol. The summed E-state index contributed by atoms with van der Waals surface area (Å²) in [6.07, 6.45) is 5.08. The summed E-state index contributed by atoms with van der Waals surface area (Å²) in [6, 6.07) is 6.50. The van der Waals surface area contributed by atoms with Gasteiger partial charge in [-0.05, 0) is 36.6 Å². The zero-order valence-corrected chi connectivity index (χ0v) is 15.0. The molecular formula is C18H32N2S. The first kappa shape index (κ1) is 17.0. The highest BCUT2D eigenvalue weighted by Gasteiger charge is 2.32. The molecule has 1 aliphatic heterocycles. The molecule has 1 aromatic rings. The zero-order valence-electron chi connectivity index (χ0n) is 14.1. The number of hydrogen-bond acceptors (Lipinski definition) is 3. The van der Waals surface area contributed by atoms with Crippen LogP contribution in [0.3, 0.4) is 0 Å². The normalized spacial score (nSPS) is 25.4. The van der Waals surface area contributed by atoms with E-state index in [0.717, 1.165) is 12.5 Å². The van der Waals surface area contributed by atoms with Crippen molar-refractivity contribution in [2.24, 2.45) is 5.92 Å². The number of piperazine rings is 1. The summed E-state index contributed by atoms with van der Waals surface area (Å²) in [7, 11) is 0. The Morgan fingerprint density at radius 3 is 2.76 bits per heavy atom. The van der Waals surface area contributed by atoms with Crippen molar-refractivity contribution in [1.82, 2.24) is 10.2 Å². The largest absolute Gasteiger partial charge is 0.311 e. The van der Waals surface area contributed by atoms with E-state index in [0.29, 0.717) is 18.1 Å². The van der Waals surface area contributed by atoms with Crippen LogP contribution < -0.4 is 5.32 Å². The van der Waals surface area contributed by atoms with E-state index in [-0.39, 0.29) is 0 Å². The fourth-order valence-corrected chi connectivity index (χ4v) is 4.48. The van der Waals surface area contributed by atoms with Crippen LogP contribution in [0.5, 0.6) is 0 Å². The Balaban J connectivity index is 2.13. The van der Waals surface area contributed by atoms with Crippen molar-refractivity contribution in [2.45, 2.75) is 71.5 Å². The first-order chi connectivity index (χ1) is 10.2. The molecule has 1 fully saturated rings. The molecule has 3 unspecified atom stereocenters. The van der Waals surface area contributed by atoms with E-state index in [1.807, 2.05) is 11.3 Å². The maximum Gasteiger partial charge on any atom is 0.0445 e. The Bertz CT molecular complexity index is 388. The van der Waals surface area contributed by atoms with Crippen molar-refractivity contribution in [3.8, 4) is 0 Å². The first-order valence-corrected chi connectivity index (χ1v) is 9.56. The van der Waals surface area contributed by atoms with Crippen molar-refractivity contribution in [1.29, 1.82) is 0 Å². The molecule has 3 atom stereocenters. The maximum atomic E-state index is 3.79. The first-order valence-electron chi connectivity index (χ1n) is 8.68. The van der Waals surface area contributed by atoms with Gasteiger partial charge in [-0.2, -0.15) is 0 Å². The third kappa shape index (κ3) is 4.54. The van der Waals surface area contributed by atoms with Gasteiger partial charge in [0.25, 0.3) is 0 Å². The van der Waals surface area contributed by atoms with Crippen LogP contribution in [0, 0.1) is 5.92 Å². The van der Waals surface area contributed by atoms with E-state index in [4.69, 9.17) is 0 Å². The van der Waals surface area contributed by atoms with E-state index in [2.05, 4.69) is 55.4 Å². The standard InChI is InChI=1S/C18H32N2S/c1-5-8-17(18-9-7-10-21-18)20-13-15(11-14(3)4)19-12-16(20)6-2/h7,9-10,14-17,19H,5-6,8,11-13H2,1-4H3. The van der Waals surface area contributed by atoms with Gasteiger partial charge in [-0.25, -0.2) is 0 Å². The second kappa shape index (κ2) is 8.30. The molecule has 1 saturated heterocycles. The van der Waals surface area contributed by atoms with Crippen LogP contribution in [0.15, 0.2) is 17.5 Å². The van der Waals surface area contributed by atoms with Gasteiger partial charge in [-0.15, -0.1) is 11.3 Å². The molecule has 0 aliphatic carbocycles. The van der Waals surface area contributed by atoms with Crippen LogP contribution in [-0.4, -0.2) is 30.1 Å². The monoisotopic (exact) mass is 308 g/mol. The van der Waals surface area contributed by atoms with E-state index >= 15 is 0 Å². The molecule has 0 amide bonds. The smallest absolute Gasteiger partial charge is 0.0445 e. The Labute approximate surface area is 134 Å². The Hall–Kier alpha value is -0.380. The molecule has 21 heavy (non-hydrogen) atoms. The van der Waals surface area contributed by atoms with Gasteiger partial charge >= 0.3 is 0 Å². The number of nitrogens with one attached hydrogen (secondary N) is 1. The number of nitrogens with zero attached hydrogens (tertiary/aromatic N) is 1. The quantitative estimate of drug-likeness (QED) is 0.786. The number of rotatable bonds is 7. The van der Waals surface area contributed by atoms with Gasteiger partial charge in [0, 0.05) is 36.1 Å². The van der Waals surface area contributed by atoms with E-state index in [9.17, 15) is 0 Å². The fourth-order valence-electron chi connectivity index (χ4n) is 3.60. The van der Waals surface area contributed by atoms with Crippen LogP contribution in [0.2, 0.25) is 0 Å². The lowest BCUT2D eigenvalue weighted by molar-refractivity contribution is 0.0695. The summed E-state index contributed by atoms with van der Waals surface area (Å²) >= 11 is 1.93. The summed E-state index contributed by atoms with van der Waals surface area (Å²) < 4.78 is 0. The molecule has 3 heteroatoms. The van der Waals surface area contributed by atoms with E-state index < -0.39 is 0 Å². The minimum Gasteiger partial charge on any atom is -0.311 e. The van der Waals surface area contributed by atoms with Gasteiger partial charge in [0.15, 0.2) is 0 Å². The SMILES string of the molecule is CCCC(c1cccs1)N1CC(CC(C)C)NCC1CC. The van der Waals surface area contributed by atoms with Crippen LogP contribution >= 0.6 is 11.3 Å². The maximum absolute atomic E-state index is 3.79. The summed E-state index contributed by atoms with van der Waals surface area (Å²) in [6.45, 7) is 11.7. The number of hydrogen-bond donors (Lipinski definition) is 1. The zero-order chi connectivity index (χ0) is 15.2. The van der Waals surface area contributed by atoms with Crippen molar-refractivity contribution in [3.05, 3.63) is 22.4 Å². The summed E-state index contributed by atoms with van der Waals surface area (Å²) in [4.78, 5) is 4.36. The van der Waals surface area contributed by atoms with Gasteiger partial charge in [0.05, 0.1) is 0 Å². The second-order valence-electron chi connectivity index (χ2n) is 6.81. The lowest BCUT2D eigenvalue weighted by atomic mass is 9.96. The predicted octanol–water partition coefficient (Wildman–Crippen LogP) is 4.69. The topological polar surface area (TPSA) is 15.3 Å². The summed E-state index contributed by atoms with van der Waals surface area (Å²) in [5.41, 5.74) is 0. The Kier molecular flexibility index (Phi) is 6.72. The molecule has 1 aromatic heterocycles. The van der Waals surface area contributed by atoms with Gasteiger partial charge in [-0.1, -0.05) is 40.2 Å². The molecule has 0 saturated carbocycles. The second-order valence-corrected chi connectivity index (χ2v) is 7.79. The molecule has 2 nitrogen and oxygen atoms in total. The third-order valence-corrected chi connectivity index (χ3v) is 5.58. The highest BCUT2D eigenvalue weighted by Crippen LogP contribution is 2.33. The van der Waals surface area contributed by atoms with Crippen LogP contribution in [0.4, 0.5) is 0 Å². The molecule has 2 rings (SSSR count). The average molecular weight is 309 g/mol. The molecule has 0 bridgehead atoms. The van der Waals surface area contributed by atoms with Gasteiger partial charge in [-0.3, -0.25) is 4.90 Å². The minimum absolute atomic E-state index is 0.622.